The van der Waals surface area contributed by atoms with Gasteiger partial charge in [-0.2, -0.15) is 0 Å². The lowest BCUT2D eigenvalue weighted by molar-refractivity contribution is -0.120. The summed E-state index contributed by atoms with van der Waals surface area (Å²) in [5, 5.41) is 9.59. The normalized spacial score (nSPS) is 20.6. The average molecular weight is 503 g/mol. The van der Waals surface area contributed by atoms with E-state index in [0.717, 1.165) is 50.4 Å². The van der Waals surface area contributed by atoms with Crippen molar-refractivity contribution >= 4 is 23.2 Å². The van der Waals surface area contributed by atoms with Crippen molar-refractivity contribution in [1.29, 1.82) is 0 Å². The lowest BCUT2D eigenvalue weighted by atomic mass is 9.73. The highest BCUT2D eigenvalue weighted by molar-refractivity contribution is 6.02. The van der Waals surface area contributed by atoms with Gasteiger partial charge in [0.25, 0.3) is 11.8 Å². The van der Waals surface area contributed by atoms with Crippen LogP contribution in [0.4, 0.5) is 11.4 Å². The van der Waals surface area contributed by atoms with Crippen molar-refractivity contribution < 1.29 is 19.1 Å². The summed E-state index contributed by atoms with van der Waals surface area (Å²) in [5.74, 6) is 0.394. The molecule has 1 spiro atoms. The van der Waals surface area contributed by atoms with E-state index in [1.54, 1.807) is 11.9 Å². The van der Waals surface area contributed by atoms with E-state index in [1.807, 2.05) is 48.5 Å². The lowest BCUT2D eigenvalue weighted by Gasteiger charge is -2.53. The van der Waals surface area contributed by atoms with Crippen LogP contribution in [0.5, 0.6) is 5.75 Å². The smallest absolute Gasteiger partial charge is 0.291 e. The SMILES string of the molecule is CN1C(=O)[C@@H](NC(=O)c2n[nH]c(Cc3ccccc3)n2)COc2ccc(N3CC4(CCOCC4)C3)cc21. The van der Waals surface area contributed by atoms with Gasteiger partial charge in [0, 0.05) is 50.9 Å². The highest BCUT2D eigenvalue weighted by Crippen LogP contribution is 2.44. The van der Waals surface area contributed by atoms with Gasteiger partial charge in [0.05, 0.1) is 5.69 Å². The van der Waals surface area contributed by atoms with Crippen molar-refractivity contribution in [3.8, 4) is 5.75 Å². The number of carbonyl (C=O) groups excluding carboxylic acids is 2. The fourth-order valence-corrected chi connectivity index (χ4v) is 5.34. The highest BCUT2D eigenvalue weighted by Gasteiger charge is 2.44. The number of fused-ring (bicyclic) bond motifs is 1. The lowest BCUT2D eigenvalue weighted by Crippen LogP contribution is -2.58. The van der Waals surface area contributed by atoms with Crippen LogP contribution in [-0.4, -0.2) is 73.0 Å². The topological polar surface area (TPSA) is 113 Å². The Balaban J connectivity index is 1.11. The molecule has 2 saturated heterocycles. The molecule has 10 nitrogen and oxygen atoms in total. The van der Waals surface area contributed by atoms with E-state index >= 15 is 0 Å². The maximum absolute atomic E-state index is 13.3. The standard InChI is InChI=1S/C27H30N6O4/c1-32-21-14-19(33-16-27(17-33)9-11-36-12-10-27)7-8-22(21)37-15-20(26(32)35)28-25(34)24-29-23(30-31-24)13-18-5-3-2-4-6-18/h2-8,14,20H,9-13,15-17H2,1H3,(H,28,34)(H,29,30,31)/t20-/m0/s1. The predicted octanol–water partition coefficient (Wildman–Crippen LogP) is 2.17. The molecule has 0 unspecified atom stereocenters. The molecule has 3 aliphatic heterocycles. The molecular weight excluding hydrogens is 472 g/mol. The average Bonchev–Trinajstić information content (AvgIpc) is 3.34. The van der Waals surface area contributed by atoms with Crippen molar-refractivity contribution in [3.05, 3.63) is 65.7 Å². The fourth-order valence-electron chi connectivity index (χ4n) is 5.34. The molecule has 2 fully saturated rings. The molecule has 3 aromatic rings. The van der Waals surface area contributed by atoms with Gasteiger partial charge in [-0.15, -0.1) is 5.10 Å². The zero-order valence-electron chi connectivity index (χ0n) is 20.8. The Hall–Kier alpha value is -3.92. The zero-order valence-corrected chi connectivity index (χ0v) is 20.8. The fraction of sp³-hybridized carbons (Fsp3) is 0.407. The number of carbonyl (C=O) groups is 2. The molecule has 6 rings (SSSR count). The van der Waals surface area contributed by atoms with Gasteiger partial charge in [-0.25, -0.2) is 4.98 Å². The van der Waals surface area contributed by atoms with Crippen LogP contribution in [0.2, 0.25) is 0 Å². The largest absolute Gasteiger partial charge is 0.489 e. The van der Waals surface area contributed by atoms with Gasteiger partial charge in [-0.3, -0.25) is 14.7 Å². The third-order valence-corrected chi connectivity index (χ3v) is 7.56. The number of ether oxygens (including phenoxy) is 2. The number of benzene rings is 2. The van der Waals surface area contributed by atoms with Crippen molar-refractivity contribution in [1.82, 2.24) is 20.5 Å². The van der Waals surface area contributed by atoms with Crippen LogP contribution in [0.15, 0.2) is 48.5 Å². The van der Waals surface area contributed by atoms with Crippen LogP contribution in [0, 0.1) is 5.41 Å². The van der Waals surface area contributed by atoms with Gasteiger partial charge in [0.2, 0.25) is 5.82 Å². The second-order valence-electron chi connectivity index (χ2n) is 10.1. The molecule has 192 valence electrons. The number of aromatic nitrogens is 3. The van der Waals surface area contributed by atoms with Crippen LogP contribution in [0.3, 0.4) is 0 Å². The summed E-state index contributed by atoms with van der Waals surface area (Å²) in [6, 6.07) is 14.9. The molecule has 0 radical (unpaired) electrons. The van der Waals surface area contributed by atoms with Crippen LogP contribution >= 0.6 is 0 Å². The monoisotopic (exact) mass is 502 g/mol. The first-order valence-electron chi connectivity index (χ1n) is 12.6. The summed E-state index contributed by atoms with van der Waals surface area (Å²) >= 11 is 0. The van der Waals surface area contributed by atoms with Crippen LogP contribution in [0.25, 0.3) is 0 Å². The Morgan fingerprint density at radius 2 is 1.95 bits per heavy atom. The van der Waals surface area contributed by atoms with E-state index in [9.17, 15) is 9.59 Å². The first-order chi connectivity index (χ1) is 18.0. The number of likely N-dealkylation sites (N-methyl/N-ethyl adjacent to an activating group) is 1. The number of hydrogen-bond acceptors (Lipinski definition) is 7. The van der Waals surface area contributed by atoms with E-state index < -0.39 is 11.9 Å². The summed E-state index contributed by atoms with van der Waals surface area (Å²) < 4.78 is 11.5. The van der Waals surface area contributed by atoms with Gasteiger partial charge in [0.15, 0.2) is 0 Å². The van der Waals surface area contributed by atoms with Crippen molar-refractivity contribution in [3.63, 3.8) is 0 Å². The van der Waals surface area contributed by atoms with E-state index in [4.69, 9.17) is 9.47 Å². The van der Waals surface area contributed by atoms with Crippen LogP contribution < -0.4 is 19.9 Å². The van der Waals surface area contributed by atoms with Gasteiger partial charge >= 0.3 is 0 Å². The number of aromatic amines is 1. The first kappa shape index (κ1) is 23.5. The van der Waals surface area contributed by atoms with E-state index in [1.165, 1.54) is 0 Å². The highest BCUT2D eigenvalue weighted by atomic mass is 16.5. The molecule has 3 aliphatic rings. The first-order valence-corrected chi connectivity index (χ1v) is 12.6. The minimum Gasteiger partial charge on any atom is -0.489 e. The van der Waals surface area contributed by atoms with Crippen molar-refractivity contribution in [2.45, 2.75) is 25.3 Å². The molecule has 2 amide bonds. The third kappa shape index (κ3) is 4.64. The van der Waals surface area contributed by atoms with E-state index in [0.29, 0.717) is 29.1 Å². The number of rotatable bonds is 5. The Morgan fingerprint density at radius 1 is 1.16 bits per heavy atom. The maximum atomic E-state index is 13.3. The summed E-state index contributed by atoms with van der Waals surface area (Å²) in [7, 11) is 1.71. The Kier molecular flexibility index (Phi) is 6.03. The van der Waals surface area contributed by atoms with Crippen molar-refractivity contribution in [2.75, 3.05) is 49.8 Å². The van der Waals surface area contributed by atoms with Gasteiger partial charge < -0.3 is 24.6 Å². The number of amides is 2. The van der Waals surface area contributed by atoms with Crippen molar-refractivity contribution in [2.24, 2.45) is 5.41 Å². The van der Waals surface area contributed by atoms with E-state index in [-0.39, 0.29) is 18.3 Å². The molecular formula is C27H30N6O4. The maximum Gasteiger partial charge on any atom is 0.291 e. The molecule has 1 aromatic heterocycles. The number of H-pyrrole nitrogens is 1. The number of anilines is 2. The summed E-state index contributed by atoms with van der Waals surface area (Å²) in [5.41, 5.74) is 3.15. The van der Waals surface area contributed by atoms with E-state index in [2.05, 4.69) is 25.4 Å². The quantitative estimate of drug-likeness (QED) is 0.550. The second-order valence-corrected chi connectivity index (χ2v) is 10.1. The summed E-state index contributed by atoms with van der Waals surface area (Å²) in [4.78, 5) is 34.3. The molecule has 0 saturated carbocycles. The molecule has 2 aromatic carbocycles. The minimum atomic E-state index is -0.862. The van der Waals surface area contributed by atoms with Crippen LogP contribution in [0.1, 0.15) is 34.8 Å². The Labute approximate surface area is 215 Å². The Bertz CT molecular complexity index is 1300. The minimum absolute atomic E-state index is 0.00902. The van der Waals surface area contributed by atoms with Gasteiger partial charge in [-0.05, 0) is 36.6 Å². The Morgan fingerprint density at radius 3 is 2.73 bits per heavy atom. The van der Waals surface area contributed by atoms with Gasteiger partial charge in [0.1, 0.15) is 24.2 Å². The predicted molar refractivity (Wildman–Crippen MR) is 137 cm³/mol. The van der Waals surface area contributed by atoms with Crippen LogP contribution in [-0.2, 0) is 16.0 Å². The molecule has 0 bridgehead atoms. The molecule has 37 heavy (non-hydrogen) atoms. The molecule has 2 N–H and O–H groups in total. The third-order valence-electron chi connectivity index (χ3n) is 7.56. The summed E-state index contributed by atoms with van der Waals surface area (Å²) in [6.07, 6.45) is 2.71. The molecule has 0 aliphatic carbocycles. The number of hydrogen-bond donors (Lipinski definition) is 2. The molecule has 4 heterocycles. The molecule has 1 atom stereocenters. The number of nitrogens with one attached hydrogen (secondary N) is 2. The van der Waals surface area contributed by atoms with Gasteiger partial charge in [-0.1, -0.05) is 30.3 Å². The zero-order chi connectivity index (χ0) is 25.4. The number of nitrogens with zero attached hydrogens (tertiary/aromatic N) is 4. The summed E-state index contributed by atoms with van der Waals surface area (Å²) in [6.45, 7) is 3.68. The molecule has 10 heteroatoms. The second kappa shape index (κ2) is 9.51.